The first-order valence-corrected chi connectivity index (χ1v) is 7.12. The van der Waals surface area contributed by atoms with Crippen LogP contribution in [0.1, 0.15) is 20.7 Å². The standard InChI is InChI=1S/C16H13ClF2N2O2/c17-11-3-1-2-10(8-11)15(22)20-6-7-21-16(23)13-5-4-12(18)9-14(13)19/h1-5,8-9H,6-7H2,(H,20,22)(H,21,23). The van der Waals surface area contributed by atoms with E-state index in [1.165, 1.54) is 6.07 Å². The molecule has 0 atom stereocenters. The van der Waals surface area contributed by atoms with Gasteiger partial charge in [-0.25, -0.2) is 8.78 Å². The summed E-state index contributed by atoms with van der Waals surface area (Å²) in [5.74, 6) is -2.72. The topological polar surface area (TPSA) is 58.2 Å². The zero-order chi connectivity index (χ0) is 16.8. The second kappa shape index (κ2) is 7.69. The molecule has 0 aromatic heterocycles. The summed E-state index contributed by atoms with van der Waals surface area (Å²) < 4.78 is 26.2. The number of carbonyl (C=O) groups excluding carboxylic acids is 2. The van der Waals surface area contributed by atoms with Gasteiger partial charge < -0.3 is 10.6 Å². The zero-order valence-corrected chi connectivity index (χ0v) is 12.7. The molecule has 23 heavy (non-hydrogen) atoms. The monoisotopic (exact) mass is 338 g/mol. The van der Waals surface area contributed by atoms with Crippen molar-refractivity contribution in [1.29, 1.82) is 0 Å². The molecule has 0 bridgehead atoms. The number of nitrogens with one attached hydrogen (secondary N) is 2. The number of halogens is 3. The molecule has 0 aliphatic rings. The first-order chi connectivity index (χ1) is 11.0. The molecule has 2 N–H and O–H groups in total. The van der Waals surface area contributed by atoms with Gasteiger partial charge in [0.15, 0.2) is 0 Å². The van der Waals surface area contributed by atoms with Crippen LogP contribution in [-0.2, 0) is 0 Å². The highest BCUT2D eigenvalue weighted by Gasteiger charge is 2.12. The van der Waals surface area contributed by atoms with Crippen LogP contribution in [0.5, 0.6) is 0 Å². The lowest BCUT2D eigenvalue weighted by atomic mass is 10.2. The summed E-state index contributed by atoms with van der Waals surface area (Å²) in [4.78, 5) is 23.6. The van der Waals surface area contributed by atoms with Crippen LogP contribution >= 0.6 is 11.6 Å². The largest absolute Gasteiger partial charge is 0.350 e. The normalized spacial score (nSPS) is 10.2. The molecule has 4 nitrogen and oxygen atoms in total. The highest BCUT2D eigenvalue weighted by Crippen LogP contribution is 2.10. The molecule has 0 aliphatic heterocycles. The van der Waals surface area contributed by atoms with Crippen LogP contribution in [0.2, 0.25) is 5.02 Å². The van der Waals surface area contributed by atoms with Crippen molar-refractivity contribution in [3.05, 3.63) is 70.2 Å². The molecular weight excluding hydrogens is 326 g/mol. The Hall–Kier alpha value is -2.47. The molecule has 0 saturated heterocycles. The average molecular weight is 339 g/mol. The van der Waals surface area contributed by atoms with E-state index >= 15 is 0 Å². The van der Waals surface area contributed by atoms with Crippen molar-refractivity contribution in [3.8, 4) is 0 Å². The van der Waals surface area contributed by atoms with E-state index in [1.54, 1.807) is 18.2 Å². The molecule has 0 spiro atoms. The quantitative estimate of drug-likeness (QED) is 0.824. The highest BCUT2D eigenvalue weighted by atomic mass is 35.5. The number of hydrogen-bond acceptors (Lipinski definition) is 2. The number of carbonyl (C=O) groups is 2. The van der Waals surface area contributed by atoms with E-state index in [4.69, 9.17) is 11.6 Å². The van der Waals surface area contributed by atoms with Gasteiger partial charge in [0, 0.05) is 29.7 Å². The van der Waals surface area contributed by atoms with E-state index in [-0.39, 0.29) is 24.6 Å². The van der Waals surface area contributed by atoms with Crippen LogP contribution in [0.3, 0.4) is 0 Å². The van der Waals surface area contributed by atoms with Crippen molar-refractivity contribution in [3.63, 3.8) is 0 Å². The number of rotatable bonds is 5. The van der Waals surface area contributed by atoms with Gasteiger partial charge in [-0.1, -0.05) is 17.7 Å². The summed E-state index contributed by atoms with van der Waals surface area (Å²) in [5, 5.41) is 5.47. The third kappa shape index (κ3) is 4.75. The van der Waals surface area contributed by atoms with Crippen LogP contribution in [-0.4, -0.2) is 24.9 Å². The molecule has 2 aromatic rings. The van der Waals surface area contributed by atoms with Crippen LogP contribution in [0.15, 0.2) is 42.5 Å². The van der Waals surface area contributed by atoms with Crippen molar-refractivity contribution in [2.24, 2.45) is 0 Å². The molecule has 2 amide bonds. The Bertz CT molecular complexity index is 738. The lowest BCUT2D eigenvalue weighted by Gasteiger charge is -2.08. The van der Waals surface area contributed by atoms with Gasteiger partial charge in [0.25, 0.3) is 11.8 Å². The van der Waals surface area contributed by atoms with Gasteiger partial charge >= 0.3 is 0 Å². The molecule has 7 heteroatoms. The van der Waals surface area contributed by atoms with E-state index in [0.29, 0.717) is 16.7 Å². The van der Waals surface area contributed by atoms with Gasteiger partial charge in [-0.15, -0.1) is 0 Å². The summed E-state index contributed by atoms with van der Waals surface area (Å²) in [5.41, 5.74) is 0.140. The molecule has 0 radical (unpaired) electrons. The first kappa shape index (κ1) is 16.9. The summed E-state index contributed by atoms with van der Waals surface area (Å²) in [6, 6.07) is 9.11. The molecule has 0 saturated carbocycles. The van der Waals surface area contributed by atoms with Gasteiger partial charge in [0.2, 0.25) is 0 Å². The molecule has 2 rings (SSSR count). The summed E-state index contributed by atoms with van der Waals surface area (Å²) in [6.45, 7) is 0.252. The minimum atomic E-state index is -0.939. The van der Waals surface area contributed by atoms with E-state index in [2.05, 4.69) is 10.6 Å². The fraction of sp³-hybridized carbons (Fsp3) is 0.125. The number of amides is 2. The fourth-order valence-corrected chi connectivity index (χ4v) is 2.04. The second-order valence-electron chi connectivity index (χ2n) is 4.65. The van der Waals surface area contributed by atoms with Gasteiger partial charge in [-0.2, -0.15) is 0 Å². The number of hydrogen-bond donors (Lipinski definition) is 2. The van der Waals surface area contributed by atoms with Crippen LogP contribution in [0.25, 0.3) is 0 Å². The Labute approximate surface area is 136 Å². The Morgan fingerprint density at radius 2 is 1.65 bits per heavy atom. The van der Waals surface area contributed by atoms with E-state index in [9.17, 15) is 18.4 Å². The van der Waals surface area contributed by atoms with Gasteiger partial charge in [-0.3, -0.25) is 9.59 Å². The van der Waals surface area contributed by atoms with Gasteiger partial charge in [-0.05, 0) is 30.3 Å². The molecule has 120 valence electrons. The van der Waals surface area contributed by atoms with Crippen LogP contribution < -0.4 is 10.6 Å². The Morgan fingerprint density at radius 1 is 0.957 bits per heavy atom. The van der Waals surface area contributed by atoms with Crippen molar-refractivity contribution in [2.45, 2.75) is 0 Å². The van der Waals surface area contributed by atoms with E-state index < -0.39 is 17.5 Å². The maximum Gasteiger partial charge on any atom is 0.254 e. The molecule has 2 aromatic carbocycles. The summed E-state index contributed by atoms with van der Waals surface area (Å²) in [6.07, 6.45) is 0. The SMILES string of the molecule is O=C(NCCNC(=O)c1ccc(F)cc1F)c1cccc(Cl)c1. The van der Waals surface area contributed by atoms with Crippen LogP contribution in [0.4, 0.5) is 8.78 Å². The van der Waals surface area contributed by atoms with Crippen LogP contribution in [0, 0.1) is 11.6 Å². The lowest BCUT2D eigenvalue weighted by Crippen LogP contribution is -2.35. The van der Waals surface area contributed by atoms with E-state index in [0.717, 1.165) is 12.1 Å². The van der Waals surface area contributed by atoms with Crippen molar-refractivity contribution >= 4 is 23.4 Å². The Kier molecular flexibility index (Phi) is 5.65. The molecule has 0 heterocycles. The lowest BCUT2D eigenvalue weighted by molar-refractivity contribution is 0.0925. The Balaban J connectivity index is 1.81. The molecule has 0 unspecified atom stereocenters. The first-order valence-electron chi connectivity index (χ1n) is 6.74. The minimum absolute atomic E-state index is 0.0992. The van der Waals surface area contributed by atoms with Gasteiger partial charge in [0.05, 0.1) is 5.56 Å². The Morgan fingerprint density at radius 3 is 2.30 bits per heavy atom. The van der Waals surface area contributed by atoms with Crippen molar-refractivity contribution in [2.75, 3.05) is 13.1 Å². The van der Waals surface area contributed by atoms with Gasteiger partial charge in [0.1, 0.15) is 11.6 Å². The molecule has 0 aliphatic carbocycles. The van der Waals surface area contributed by atoms with Crippen molar-refractivity contribution in [1.82, 2.24) is 10.6 Å². The minimum Gasteiger partial charge on any atom is -0.350 e. The smallest absolute Gasteiger partial charge is 0.254 e. The zero-order valence-electron chi connectivity index (χ0n) is 11.9. The number of benzene rings is 2. The maximum atomic E-state index is 13.4. The third-order valence-electron chi connectivity index (χ3n) is 2.96. The maximum absolute atomic E-state index is 13.4. The predicted octanol–water partition coefficient (Wildman–Crippen LogP) is 2.78. The predicted molar refractivity (Wildman–Crippen MR) is 82.5 cm³/mol. The highest BCUT2D eigenvalue weighted by molar-refractivity contribution is 6.30. The summed E-state index contributed by atoms with van der Waals surface area (Å²) >= 11 is 5.79. The average Bonchev–Trinajstić information content (AvgIpc) is 2.51. The molecule has 0 fully saturated rings. The molecular formula is C16H13ClF2N2O2. The van der Waals surface area contributed by atoms with Crippen molar-refractivity contribution < 1.29 is 18.4 Å². The third-order valence-corrected chi connectivity index (χ3v) is 3.19. The fourth-order valence-electron chi connectivity index (χ4n) is 1.85. The summed E-state index contributed by atoms with van der Waals surface area (Å²) in [7, 11) is 0. The second-order valence-corrected chi connectivity index (χ2v) is 5.08. The van der Waals surface area contributed by atoms with E-state index in [1.807, 2.05) is 0 Å².